The molecule has 20 heavy (non-hydrogen) atoms. The molecule has 0 aromatic carbocycles. The van der Waals surface area contributed by atoms with Gasteiger partial charge in [-0.2, -0.15) is 8.78 Å². The molecule has 0 bridgehead atoms. The molecule has 1 saturated heterocycles. The fourth-order valence-corrected chi connectivity index (χ4v) is 2.31. The Kier molecular flexibility index (Phi) is 4.96. The fraction of sp³-hybridized carbons (Fsp3) is 1.00. The highest BCUT2D eigenvalue weighted by Gasteiger charge is 2.39. The summed E-state index contributed by atoms with van der Waals surface area (Å²) in [5, 5.41) is -4.39. The van der Waals surface area contributed by atoms with Crippen LogP contribution in [0.3, 0.4) is 0 Å². The lowest BCUT2D eigenvalue weighted by molar-refractivity contribution is -0.0885. The first-order chi connectivity index (χ1) is 9.28. The summed E-state index contributed by atoms with van der Waals surface area (Å²) in [6.45, 7) is -0.245. The predicted octanol–water partition coefficient (Wildman–Crippen LogP) is 0.868. The molecule has 9 heteroatoms. The summed E-state index contributed by atoms with van der Waals surface area (Å²) in [5.41, 5.74) is 0. The fourth-order valence-electron chi connectivity index (χ4n) is 2.10. The van der Waals surface area contributed by atoms with E-state index in [0.717, 1.165) is 12.8 Å². The van der Waals surface area contributed by atoms with Crippen molar-refractivity contribution in [2.75, 3.05) is 19.8 Å². The van der Waals surface area contributed by atoms with Gasteiger partial charge in [0, 0.05) is 0 Å². The molecule has 118 valence electrons. The third-order valence-electron chi connectivity index (χ3n) is 3.35. The molecule has 0 N–H and O–H groups in total. The van der Waals surface area contributed by atoms with Gasteiger partial charge in [-0.15, -0.1) is 0 Å². The minimum Gasteiger partial charge on any atom is -0.743 e. The molecule has 0 amide bonds. The van der Waals surface area contributed by atoms with Crippen molar-refractivity contribution in [3.63, 3.8) is 0 Å². The summed E-state index contributed by atoms with van der Waals surface area (Å²) in [6, 6.07) is 0. The number of hydrogen-bond acceptors (Lipinski definition) is 6. The summed E-state index contributed by atoms with van der Waals surface area (Å²) in [5.74, 6) is 0. The van der Waals surface area contributed by atoms with Crippen LogP contribution in [-0.4, -0.2) is 56.4 Å². The first kappa shape index (κ1) is 16.0. The molecule has 6 nitrogen and oxygen atoms in total. The highest BCUT2D eigenvalue weighted by atomic mass is 32.2. The van der Waals surface area contributed by atoms with Crippen LogP contribution < -0.4 is 0 Å². The van der Waals surface area contributed by atoms with Crippen LogP contribution in [0.2, 0.25) is 0 Å². The van der Waals surface area contributed by atoms with Crippen molar-refractivity contribution in [3.8, 4) is 0 Å². The van der Waals surface area contributed by atoms with Crippen molar-refractivity contribution < 1.29 is 36.0 Å². The van der Waals surface area contributed by atoms with Crippen molar-refractivity contribution in [3.05, 3.63) is 0 Å². The Morgan fingerprint density at radius 2 is 1.85 bits per heavy atom. The SMILES string of the molecule is O=S(=O)([O-])C(F)(F)COC1CCCC(OCC2CO2)C1. The molecule has 0 spiro atoms. The van der Waals surface area contributed by atoms with Crippen LogP contribution in [0.25, 0.3) is 0 Å². The number of epoxide rings is 1. The zero-order chi connectivity index (χ0) is 14.8. The van der Waals surface area contributed by atoms with E-state index in [1.807, 2.05) is 0 Å². The number of hydrogen-bond donors (Lipinski definition) is 0. The van der Waals surface area contributed by atoms with E-state index >= 15 is 0 Å². The number of alkyl halides is 2. The zero-order valence-corrected chi connectivity index (χ0v) is 11.6. The molecule has 3 unspecified atom stereocenters. The second-order valence-corrected chi connectivity index (χ2v) is 6.61. The van der Waals surface area contributed by atoms with Crippen molar-refractivity contribution in [2.24, 2.45) is 0 Å². The average molecular weight is 315 g/mol. The van der Waals surface area contributed by atoms with Crippen molar-refractivity contribution in [1.29, 1.82) is 0 Å². The van der Waals surface area contributed by atoms with Gasteiger partial charge in [0.2, 0.25) is 0 Å². The molecule has 0 radical (unpaired) electrons. The Bertz CT molecular complexity index is 423. The Labute approximate surface area is 116 Å². The number of ether oxygens (including phenoxy) is 3. The van der Waals surface area contributed by atoms with Gasteiger partial charge in [0.15, 0.2) is 10.1 Å². The topological polar surface area (TPSA) is 88.2 Å². The Morgan fingerprint density at radius 1 is 1.25 bits per heavy atom. The van der Waals surface area contributed by atoms with E-state index in [0.29, 0.717) is 26.1 Å². The molecule has 1 heterocycles. The van der Waals surface area contributed by atoms with Gasteiger partial charge in [0.1, 0.15) is 12.7 Å². The molecule has 1 saturated carbocycles. The first-order valence-corrected chi connectivity index (χ1v) is 7.87. The second-order valence-electron chi connectivity index (χ2n) is 5.10. The lowest BCUT2D eigenvalue weighted by Crippen LogP contribution is -2.37. The van der Waals surface area contributed by atoms with Gasteiger partial charge >= 0.3 is 5.25 Å². The van der Waals surface area contributed by atoms with E-state index in [1.54, 1.807) is 0 Å². The van der Waals surface area contributed by atoms with E-state index < -0.39 is 28.1 Å². The average Bonchev–Trinajstić information content (AvgIpc) is 3.17. The smallest absolute Gasteiger partial charge is 0.357 e. The van der Waals surface area contributed by atoms with Crippen molar-refractivity contribution in [1.82, 2.24) is 0 Å². The van der Waals surface area contributed by atoms with Crippen LogP contribution in [0.4, 0.5) is 8.78 Å². The van der Waals surface area contributed by atoms with Crippen molar-refractivity contribution in [2.45, 2.75) is 49.2 Å². The Balaban J connectivity index is 1.74. The van der Waals surface area contributed by atoms with E-state index in [2.05, 4.69) is 0 Å². The van der Waals surface area contributed by atoms with E-state index in [4.69, 9.17) is 14.2 Å². The summed E-state index contributed by atoms with van der Waals surface area (Å²) in [4.78, 5) is 0. The summed E-state index contributed by atoms with van der Waals surface area (Å²) < 4.78 is 72.4. The van der Waals surface area contributed by atoms with Gasteiger partial charge in [-0.05, 0) is 25.7 Å². The van der Waals surface area contributed by atoms with E-state index in [-0.39, 0.29) is 12.2 Å². The molecule has 0 aromatic heterocycles. The van der Waals surface area contributed by atoms with Crippen molar-refractivity contribution >= 4 is 10.1 Å². The van der Waals surface area contributed by atoms with Gasteiger partial charge in [0.25, 0.3) is 0 Å². The van der Waals surface area contributed by atoms with Gasteiger partial charge in [-0.3, -0.25) is 0 Å². The van der Waals surface area contributed by atoms with Gasteiger partial charge in [-0.1, -0.05) is 0 Å². The minimum atomic E-state index is -5.69. The lowest BCUT2D eigenvalue weighted by atomic mass is 9.95. The minimum absolute atomic E-state index is 0.101. The molecular weight excluding hydrogens is 298 g/mol. The molecule has 1 aliphatic heterocycles. The number of halogens is 2. The molecule has 3 atom stereocenters. The Hall–Kier alpha value is -0.350. The normalized spacial score (nSPS) is 31.2. The molecule has 2 aliphatic rings. The first-order valence-electron chi connectivity index (χ1n) is 6.46. The maximum atomic E-state index is 13.0. The quantitative estimate of drug-likeness (QED) is 0.511. The number of rotatable bonds is 7. The summed E-state index contributed by atoms with van der Waals surface area (Å²) in [7, 11) is -5.69. The standard InChI is InChI=1S/C11H18F2O6S/c12-11(13,20(14,15)16)7-19-9-3-1-2-8(4-9)17-5-10-6-18-10/h8-10H,1-7H2,(H,14,15,16)/p-1. The molecule has 1 aliphatic carbocycles. The van der Waals surface area contributed by atoms with Crippen LogP contribution in [0.5, 0.6) is 0 Å². The summed E-state index contributed by atoms with van der Waals surface area (Å²) in [6.07, 6.45) is 2.04. The largest absolute Gasteiger partial charge is 0.743 e. The van der Waals surface area contributed by atoms with Crippen LogP contribution in [0.15, 0.2) is 0 Å². The maximum Gasteiger partial charge on any atom is 0.357 e. The van der Waals surface area contributed by atoms with Crippen LogP contribution in [0, 0.1) is 0 Å². The van der Waals surface area contributed by atoms with Gasteiger partial charge in [-0.25, -0.2) is 8.42 Å². The lowest BCUT2D eigenvalue weighted by Gasteiger charge is -2.30. The third kappa shape index (κ3) is 4.59. The van der Waals surface area contributed by atoms with Crippen LogP contribution in [0.1, 0.15) is 25.7 Å². The van der Waals surface area contributed by atoms with E-state index in [1.165, 1.54) is 0 Å². The van der Waals surface area contributed by atoms with Gasteiger partial charge < -0.3 is 18.8 Å². The maximum absolute atomic E-state index is 13.0. The highest BCUT2D eigenvalue weighted by Crippen LogP contribution is 2.27. The monoisotopic (exact) mass is 315 g/mol. The molecule has 2 rings (SSSR count). The molecule has 2 fully saturated rings. The molecular formula is C11H17F2O6S-. The van der Waals surface area contributed by atoms with Crippen LogP contribution in [-0.2, 0) is 24.3 Å². The third-order valence-corrected chi connectivity index (χ3v) is 4.20. The summed E-state index contributed by atoms with van der Waals surface area (Å²) >= 11 is 0. The second kappa shape index (κ2) is 6.18. The van der Waals surface area contributed by atoms with Gasteiger partial charge in [0.05, 0.1) is 25.4 Å². The zero-order valence-electron chi connectivity index (χ0n) is 10.8. The highest BCUT2D eigenvalue weighted by molar-refractivity contribution is 7.86. The Morgan fingerprint density at radius 3 is 2.40 bits per heavy atom. The van der Waals surface area contributed by atoms with E-state index in [9.17, 15) is 21.8 Å². The van der Waals surface area contributed by atoms with Crippen LogP contribution >= 0.6 is 0 Å². The molecule has 0 aromatic rings. The predicted molar refractivity (Wildman–Crippen MR) is 62.3 cm³/mol.